The zero-order valence-electron chi connectivity index (χ0n) is 11.5. The van der Waals surface area contributed by atoms with Crippen molar-refractivity contribution in [2.75, 3.05) is 12.3 Å². The largest absolute Gasteiger partial charge is 0.397 e. The normalized spacial score (nSPS) is 10.4. The number of nitrogens with zero attached hydrogens (tertiary/aromatic N) is 1. The summed E-state index contributed by atoms with van der Waals surface area (Å²) in [5, 5.41) is 4.02. The molecule has 1 amide bonds. The van der Waals surface area contributed by atoms with E-state index in [4.69, 9.17) is 28.9 Å². The quantitative estimate of drug-likeness (QED) is 0.907. The number of carbonyl (C=O) groups is 1. The van der Waals surface area contributed by atoms with Crippen LogP contribution in [-0.2, 0) is 6.42 Å². The molecule has 0 spiro atoms. The maximum absolute atomic E-state index is 12.1. The van der Waals surface area contributed by atoms with Crippen LogP contribution >= 0.6 is 23.2 Å². The number of nitrogens with one attached hydrogen (secondary N) is 1. The molecule has 3 N–H and O–H groups in total. The molecule has 21 heavy (non-hydrogen) atoms. The summed E-state index contributed by atoms with van der Waals surface area (Å²) in [5.41, 5.74) is 8.17. The molecule has 0 aliphatic carbocycles. The number of rotatable bonds is 4. The van der Waals surface area contributed by atoms with Crippen LogP contribution in [0.2, 0.25) is 10.0 Å². The number of hydrogen-bond donors (Lipinski definition) is 2. The highest BCUT2D eigenvalue weighted by Crippen LogP contribution is 2.21. The van der Waals surface area contributed by atoms with Crippen molar-refractivity contribution in [1.82, 2.24) is 10.3 Å². The van der Waals surface area contributed by atoms with Gasteiger partial charge < -0.3 is 11.1 Å². The van der Waals surface area contributed by atoms with E-state index in [0.717, 1.165) is 5.56 Å². The standard InChI is InChI=1S/C15H15Cl2N3O/c1-9-13(7-12(18)8-20-9)15(21)19-5-4-10-2-3-11(16)6-14(10)17/h2-3,6-8H,4-5,18H2,1H3,(H,19,21). The Balaban J connectivity index is 1.97. The smallest absolute Gasteiger partial charge is 0.253 e. The molecule has 0 bridgehead atoms. The molecule has 2 aromatic rings. The van der Waals surface area contributed by atoms with Crippen LogP contribution in [0.4, 0.5) is 5.69 Å². The number of halogens is 2. The first-order valence-corrected chi connectivity index (χ1v) is 7.17. The minimum Gasteiger partial charge on any atom is -0.397 e. The zero-order valence-corrected chi connectivity index (χ0v) is 13.0. The van der Waals surface area contributed by atoms with Crippen LogP contribution in [0, 0.1) is 6.92 Å². The summed E-state index contributed by atoms with van der Waals surface area (Å²) in [6.45, 7) is 2.23. The lowest BCUT2D eigenvalue weighted by Gasteiger charge is -2.09. The first-order chi connectivity index (χ1) is 9.97. The lowest BCUT2D eigenvalue weighted by molar-refractivity contribution is 0.0953. The number of amides is 1. The van der Waals surface area contributed by atoms with Gasteiger partial charge in [-0.25, -0.2) is 0 Å². The summed E-state index contributed by atoms with van der Waals surface area (Å²) < 4.78 is 0. The molecular formula is C15H15Cl2N3O. The molecule has 0 aliphatic heterocycles. The molecule has 0 saturated heterocycles. The number of benzene rings is 1. The molecule has 0 aliphatic rings. The summed E-state index contributed by atoms with van der Waals surface area (Å²) in [6.07, 6.45) is 2.15. The molecule has 0 radical (unpaired) electrons. The summed E-state index contributed by atoms with van der Waals surface area (Å²) in [5.74, 6) is -0.197. The molecule has 1 aromatic heterocycles. The Morgan fingerprint density at radius 1 is 1.33 bits per heavy atom. The van der Waals surface area contributed by atoms with Gasteiger partial charge in [0.15, 0.2) is 0 Å². The van der Waals surface area contributed by atoms with E-state index in [2.05, 4.69) is 10.3 Å². The van der Waals surface area contributed by atoms with Gasteiger partial charge in [0, 0.05) is 16.6 Å². The highest BCUT2D eigenvalue weighted by atomic mass is 35.5. The Morgan fingerprint density at radius 3 is 2.81 bits per heavy atom. The van der Waals surface area contributed by atoms with E-state index in [9.17, 15) is 4.79 Å². The second kappa shape index (κ2) is 6.78. The zero-order chi connectivity index (χ0) is 15.4. The van der Waals surface area contributed by atoms with Gasteiger partial charge in [-0.3, -0.25) is 9.78 Å². The Morgan fingerprint density at radius 2 is 2.10 bits per heavy atom. The molecule has 4 nitrogen and oxygen atoms in total. The van der Waals surface area contributed by atoms with Crippen LogP contribution in [0.15, 0.2) is 30.5 Å². The monoisotopic (exact) mass is 323 g/mol. The highest BCUT2D eigenvalue weighted by molar-refractivity contribution is 6.35. The summed E-state index contributed by atoms with van der Waals surface area (Å²) >= 11 is 11.9. The van der Waals surface area contributed by atoms with Crippen molar-refractivity contribution in [3.05, 3.63) is 57.3 Å². The number of carbonyl (C=O) groups excluding carboxylic acids is 1. The molecule has 0 atom stereocenters. The van der Waals surface area contributed by atoms with Crippen LogP contribution < -0.4 is 11.1 Å². The average Bonchev–Trinajstić information content (AvgIpc) is 2.43. The number of pyridine rings is 1. The average molecular weight is 324 g/mol. The van der Waals surface area contributed by atoms with Gasteiger partial charge in [-0.05, 0) is 37.1 Å². The maximum Gasteiger partial charge on any atom is 0.253 e. The lowest BCUT2D eigenvalue weighted by Crippen LogP contribution is -2.26. The van der Waals surface area contributed by atoms with Gasteiger partial charge in [0.1, 0.15) is 0 Å². The second-order valence-corrected chi connectivity index (χ2v) is 5.49. The summed E-state index contributed by atoms with van der Waals surface area (Å²) in [4.78, 5) is 16.2. The van der Waals surface area contributed by atoms with Crippen molar-refractivity contribution in [3.8, 4) is 0 Å². The number of aromatic nitrogens is 1. The summed E-state index contributed by atoms with van der Waals surface area (Å²) in [7, 11) is 0. The Kier molecular flexibility index (Phi) is 5.04. The van der Waals surface area contributed by atoms with E-state index in [0.29, 0.717) is 40.0 Å². The van der Waals surface area contributed by atoms with E-state index in [1.54, 1.807) is 25.1 Å². The number of nitrogens with two attached hydrogens (primary N) is 1. The SMILES string of the molecule is Cc1ncc(N)cc1C(=O)NCCc1ccc(Cl)cc1Cl. The highest BCUT2D eigenvalue weighted by Gasteiger charge is 2.10. The molecule has 110 valence electrons. The molecule has 0 unspecified atom stereocenters. The third-order valence-corrected chi connectivity index (χ3v) is 3.63. The number of aryl methyl sites for hydroxylation is 1. The molecule has 0 fully saturated rings. The van der Waals surface area contributed by atoms with Gasteiger partial charge in [0.05, 0.1) is 23.1 Å². The first kappa shape index (κ1) is 15.6. The van der Waals surface area contributed by atoms with Crippen molar-refractivity contribution >= 4 is 34.8 Å². The van der Waals surface area contributed by atoms with Gasteiger partial charge in [-0.1, -0.05) is 29.3 Å². The van der Waals surface area contributed by atoms with Gasteiger partial charge in [0.2, 0.25) is 0 Å². The Hall–Kier alpha value is -1.78. The van der Waals surface area contributed by atoms with Crippen molar-refractivity contribution in [1.29, 1.82) is 0 Å². The molecule has 0 saturated carbocycles. The lowest BCUT2D eigenvalue weighted by atomic mass is 10.1. The fraction of sp³-hybridized carbons (Fsp3) is 0.200. The maximum atomic E-state index is 12.1. The van der Waals surface area contributed by atoms with E-state index in [-0.39, 0.29) is 5.91 Å². The number of hydrogen-bond acceptors (Lipinski definition) is 3. The van der Waals surface area contributed by atoms with E-state index >= 15 is 0 Å². The predicted octanol–water partition coefficient (Wildman–Crippen LogP) is 3.25. The third kappa shape index (κ3) is 4.09. The van der Waals surface area contributed by atoms with Crippen molar-refractivity contribution in [3.63, 3.8) is 0 Å². The van der Waals surface area contributed by atoms with Gasteiger partial charge in [-0.15, -0.1) is 0 Å². The van der Waals surface area contributed by atoms with Crippen molar-refractivity contribution < 1.29 is 4.79 Å². The molecule has 2 rings (SSSR count). The fourth-order valence-corrected chi connectivity index (χ4v) is 2.41. The molecule has 1 heterocycles. The minimum atomic E-state index is -0.197. The van der Waals surface area contributed by atoms with Crippen LogP contribution in [0.1, 0.15) is 21.6 Å². The third-order valence-electron chi connectivity index (χ3n) is 3.05. The van der Waals surface area contributed by atoms with Gasteiger partial charge >= 0.3 is 0 Å². The van der Waals surface area contributed by atoms with Crippen LogP contribution in [0.25, 0.3) is 0 Å². The Labute approximate surface area is 133 Å². The van der Waals surface area contributed by atoms with E-state index in [1.165, 1.54) is 6.20 Å². The van der Waals surface area contributed by atoms with Crippen LogP contribution in [-0.4, -0.2) is 17.4 Å². The Bertz CT molecular complexity index is 674. The summed E-state index contributed by atoms with van der Waals surface area (Å²) in [6, 6.07) is 6.93. The topological polar surface area (TPSA) is 68.0 Å². The molecule has 1 aromatic carbocycles. The van der Waals surface area contributed by atoms with E-state index in [1.807, 2.05) is 6.07 Å². The van der Waals surface area contributed by atoms with Crippen LogP contribution in [0.5, 0.6) is 0 Å². The van der Waals surface area contributed by atoms with Crippen molar-refractivity contribution in [2.24, 2.45) is 0 Å². The first-order valence-electron chi connectivity index (χ1n) is 6.41. The van der Waals surface area contributed by atoms with E-state index < -0.39 is 0 Å². The minimum absolute atomic E-state index is 0.197. The second-order valence-electron chi connectivity index (χ2n) is 4.64. The number of anilines is 1. The number of nitrogen functional groups attached to an aromatic ring is 1. The fourth-order valence-electron chi connectivity index (χ4n) is 1.91. The van der Waals surface area contributed by atoms with Crippen LogP contribution in [0.3, 0.4) is 0 Å². The molecule has 6 heteroatoms. The van der Waals surface area contributed by atoms with Crippen molar-refractivity contribution in [2.45, 2.75) is 13.3 Å². The van der Waals surface area contributed by atoms with Gasteiger partial charge in [0.25, 0.3) is 5.91 Å². The van der Waals surface area contributed by atoms with Gasteiger partial charge in [-0.2, -0.15) is 0 Å². The molecular weight excluding hydrogens is 309 g/mol. The predicted molar refractivity (Wildman–Crippen MR) is 85.9 cm³/mol.